The molecule has 0 spiro atoms. The van der Waals surface area contributed by atoms with E-state index < -0.39 is 0 Å². The van der Waals surface area contributed by atoms with Crippen LogP contribution in [0.25, 0.3) is 34.2 Å². The summed E-state index contributed by atoms with van der Waals surface area (Å²) in [6.07, 6.45) is 3.27. The molecule has 4 aromatic carbocycles. The summed E-state index contributed by atoms with van der Waals surface area (Å²) >= 11 is 0. The molecule has 0 aliphatic rings. The van der Waals surface area contributed by atoms with Crippen LogP contribution in [0.5, 0.6) is 5.75 Å². The van der Waals surface area contributed by atoms with Crippen molar-refractivity contribution in [3.05, 3.63) is 109 Å². The number of aromatic nitrogens is 2. The molecule has 0 bridgehead atoms. The third kappa shape index (κ3) is 4.63. The minimum Gasteiger partial charge on any atom is -0.497 e. The molecule has 5 aromatic rings. The van der Waals surface area contributed by atoms with Crippen LogP contribution in [-0.4, -0.2) is 22.6 Å². The average Bonchev–Trinajstić information content (AvgIpc) is 3.29. The third-order valence-electron chi connectivity index (χ3n) is 5.68. The van der Waals surface area contributed by atoms with Crippen LogP contribution >= 0.6 is 0 Å². The van der Waals surface area contributed by atoms with Crippen LogP contribution in [0.2, 0.25) is 0 Å². The number of nitrogens with two attached hydrogens (primary N) is 1. The van der Waals surface area contributed by atoms with E-state index in [9.17, 15) is 4.79 Å². The molecule has 6 heteroatoms. The molecular formula is C29H24N4O2. The van der Waals surface area contributed by atoms with Gasteiger partial charge in [-0.3, -0.25) is 9.36 Å². The first-order valence-corrected chi connectivity index (χ1v) is 11.2. The number of carbonyl (C=O) groups is 1. The summed E-state index contributed by atoms with van der Waals surface area (Å²) in [6, 6.07) is 31.1. The average molecular weight is 461 g/mol. The van der Waals surface area contributed by atoms with E-state index in [1.807, 2.05) is 78.9 Å². The van der Waals surface area contributed by atoms with Crippen LogP contribution in [-0.2, 0) is 4.79 Å². The van der Waals surface area contributed by atoms with Crippen LogP contribution in [0.3, 0.4) is 0 Å². The van der Waals surface area contributed by atoms with Gasteiger partial charge in [0.2, 0.25) is 5.91 Å². The van der Waals surface area contributed by atoms with Crippen molar-refractivity contribution in [1.82, 2.24) is 9.55 Å². The molecular weight excluding hydrogens is 436 g/mol. The maximum atomic E-state index is 12.4. The van der Waals surface area contributed by atoms with Crippen molar-refractivity contribution >= 4 is 34.4 Å². The number of anilines is 2. The van der Waals surface area contributed by atoms with Crippen LogP contribution in [0, 0.1) is 0 Å². The molecule has 5 rings (SSSR count). The van der Waals surface area contributed by atoms with Crippen LogP contribution in [0.15, 0.2) is 103 Å². The summed E-state index contributed by atoms with van der Waals surface area (Å²) in [6.45, 7) is 0. The first-order valence-electron chi connectivity index (χ1n) is 11.2. The second-order valence-electron chi connectivity index (χ2n) is 7.99. The summed E-state index contributed by atoms with van der Waals surface area (Å²) in [7, 11) is 1.65. The molecule has 1 aromatic heterocycles. The maximum absolute atomic E-state index is 12.4. The van der Waals surface area contributed by atoms with E-state index in [-0.39, 0.29) is 5.91 Å². The van der Waals surface area contributed by atoms with Gasteiger partial charge < -0.3 is 15.8 Å². The van der Waals surface area contributed by atoms with Crippen molar-refractivity contribution in [3.63, 3.8) is 0 Å². The lowest BCUT2D eigenvalue weighted by Crippen LogP contribution is -2.09. The molecule has 6 nitrogen and oxygen atoms in total. The van der Waals surface area contributed by atoms with Crippen LogP contribution in [0.4, 0.5) is 11.4 Å². The van der Waals surface area contributed by atoms with Crippen molar-refractivity contribution in [2.24, 2.45) is 0 Å². The Labute approximate surface area is 203 Å². The van der Waals surface area contributed by atoms with Crippen LogP contribution in [0.1, 0.15) is 5.56 Å². The summed E-state index contributed by atoms with van der Waals surface area (Å²) in [4.78, 5) is 17.3. The minimum atomic E-state index is -0.251. The second-order valence-corrected chi connectivity index (χ2v) is 7.99. The van der Waals surface area contributed by atoms with E-state index in [2.05, 4.69) is 16.0 Å². The van der Waals surface area contributed by atoms with E-state index >= 15 is 0 Å². The van der Waals surface area contributed by atoms with Crippen LogP contribution < -0.4 is 15.8 Å². The molecule has 0 atom stereocenters. The van der Waals surface area contributed by atoms with Gasteiger partial charge in [0.1, 0.15) is 11.6 Å². The number of hydrogen-bond acceptors (Lipinski definition) is 4. The Hall–Kier alpha value is -4.84. The quantitative estimate of drug-likeness (QED) is 0.243. The lowest BCUT2D eigenvalue weighted by atomic mass is 10.1. The van der Waals surface area contributed by atoms with Crippen molar-refractivity contribution < 1.29 is 9.53 Å². The largest absolute Gasteiger partial charge is 0.497 e. The van der Waals surface area contributed by atoms with E-state index in [0.717, 1.165) is 39.4 Å². The third-order valence-corrected chi connectivity index (χ3v) is 5.68. The highest BCUT2D eigenvalue weighted by Crippen LogP contribution is 2.30. The monoisotopic (exact) mass is 460 g/mol. The Kier molecular flexibility index (Phi) is 6.01. The zero-order chi connectivity index (χ0) is 24.2. The molecule has 0 radical (unpaired) electrons. The molecule has 35 heavy (non-hydrogen) atoms. The maximum Gasteiger partial charge on any atom is 0.248 e. The standard InChI is InChI=1S/C29H24N4O2/c1-35-23-16-14-22(15-17-23)33-27-12-5-4-11-26(27)32-29(33)21-8-6-7-20(19-21)13-18-28(34)31-25-10-3-2-9-24(25)30/h2-19H,30H2,1H3,(H,31,34)/b18-13-. The Balaban J connectivity index is 1.48. The summed E-state index contributed by atoms with van der Waals surface area (Å²) < 4.78 is 7.45. The molecule has 1 heterocycles. The van der Waals surface area contributed by atoms with Gasteiger partial charge in [-0.1, -0.05) is 42.5 Å². The van der Waals surface area contributed by atoms with Gasteiger partial charge in [-0.05, 0) is 66.2 Å². The number of benzene rings is 4. The van der Waals surface area contributed by atoms with Crippen molar-refractivity contribution in [1.29, 1.82) is 0 Å². The van der Waals surface area contributed by atoms with Gasteiger partial charge in [-0.2, -0.15) is 0 Å². The highest BCUT2D eigenvalue weighted by molar-refractivity contribution is 6.03. The van der Waals surface area contributed by atoms with Gasteiger partial charge >= 0.3 is 0 Å². The number of rotatable bonds is 6. The van der Waals surface area contributed by atoms with Gasteiger partial charge in [-0.25, -0.2) is 4.98 Å². The molecule has 1 amide bonds. The predicted molar refractivity (Wildman–Crippen MR) is 142 cm³/mol. The molecule has 0 aliphatic heterocycles. The lowest BCUT2D eigenvalue weighted by molar-refractivity contribution is -0.111. The Bertz CT molecular complexity index is 1530. The molecule has 0 saturated heterocycles. The Morgan fingerprint density at radius 1 is 0.943 bits per heavy atom. The van der Waals surface area contributed by atoms with E-state index in [0.29, 0.717) is 11.4 Å². The normalized spacial score (nSPS) is 11.1. The fourth-order valence-electron chi connectivity index (χ4n) is 3.95. The van der Waals surface area contributed by atoms with Gasteiger partial charge in [0.25, 0.3) is 0 Å². The van der Waals surface area contributed by atoms with Crippen molar-refractivity contribution in [2.45, 2.75) is 0 Å². The van der Waals surface area contributed by atoms with E-state index in [1.165, 1.54) is 6.08 Å². The number of methoxy groups -OCH3 is 1. The predicted octanol–water partition coefficient (Wildman–Crippen LogP) is 5.94. The molecule has 3 N–H and O–H groups in total. The molecule has 0 unspecified atom stereocenters. The first-order chi connectivity index (χ1) is 17.1. The lowest BCUT2D eigenvalue weighted by Gasteiger charge is -2.11. The van der Waals surface area contributed by atoms with Gasteiger partial charge in [0.15, 0.2) is 0 Å². The molecule has 0 saturated carbocycles. The zero-order valence-corrected chi connectivity index (χ0v) is 19.2. The number of fused-ring (bicyclic) bond motifs is 1. The second kappa shape index (κ2) is 9.57. The minimum absolute atomic E-state index is 0.251. The zero-order valence-electron chi connectivity index (χ0n) is 19.2. The van der Waals surface area contributed by atoms with Crippen molar-refractivity contribution in [2.75, 3.05) is 18.2 Å². The molecule has 0 aliphatic carbocycles. The number of nitrogen functional groups attached to an aromatic ring is 1. The molecule has 172 valence electrons. The Morgan fingerprint density at radius 2 is 1.71 bits per heavy atom. The fraction of sp³-hybridized carbons (Fsp3) is 0.0345. The number of nitrogens with zero attached hydrogens (tertiary/aromatic N) is 2. The number of carbonyl (C=O) groups excluding carboxylic acids is 1. The van der Waals surface area contributed by atoms with Gasteiger partial charge in [-0.15, -0.1) is 0 Å². The number of para-hydroxylation sites is 4. The van der Waals surface area contributed by atoms with Gasteiger partial charge in [0.05, 0.1) is 29.5 Å². The summed E-state index contributed by atoms with van der Waals surface area (Å²) in [5, 5.41) is 2.81. The number of ether oxygens (including phenoxy) is 1. The smallest absolute Gasteiger partial charge is 0.248 e. The van der Waals surface area contributed by atoms with Crippen molar-refractivity contribution in [3.8, 4) is 22.8 Å². The number of amides is 1. The summed E-state index contributed by atoms with van der Waals surface area (Å²) in [5.74, 6) is 1.36. The SMILES string of the molecule is COc1ccc(-n2c(-c3cccc(/C=C\C(=O)Nc4ccccc4N)c3)nc3ccccc32)cc1. The summed E-state index contributed by atoms with van der Waals surface area (Å²) in [5.41, 5.74) is 11.7. The van der Waals surface area contributed by atoms with E-state index in [4.69, 9.17) is 15.5 Å². The first kappa shape index (κ1) is 22.0. The topological polar surface area (TPSA) is 82.2 Å². The molecule has 0 fully saturated rings. The highest BCUT2D eigenvalue weighted by Gasteiger charge is 2.14. The number of hydrogen-bond donors (Lipinski definition) is 2. The van der Waals surface area contributed by atoms with E-state index in [1.54, 1.807) is 25.3 Å². The number of imidazole rings is 1. The fourth-order valence-corrected chi connectivity index (χ4v) is 3.95. The Morgan fingerprint density at radius 3 is 2.51 bits per heavy atom. The van der Waals surface area contributed by atoms with Gasteiger partial charge in [0, 0.05) is 17.3 Å². The number of nitrogens with one attached hydrogen (secondary N) is 1. The highest BCUT2D eigenvalue weighted by atomic mass is 16.5.